The molecule has 25 heavy (non-hydrogen) atoms. The standard InChI is InChI=1S/C20H26N2O2S/c23-20(11-6-14-24-17-8-2-1-3-9-17)21-16-18(19-10-7-15-25-19)22-12-4-5-13-22/h1-3,7-10,15,18H,4-6,11-14,16H2,(H,21,23). The summed E-state index contributed by atoms with van der Waals surface area (Å²) in [6, 6.07) is 14.3. The number of nitrogens with zero attached hydrogens (tertiary/aromatic N) is 1. The molecule has 0 aliphatic carbocycles. The first-order chi connectivity index (χ1) is 12.3. The Labute approximate surface area is 153 Å². The number of ether oxygens (including phenoxy) is 1. The van der Waals surface area contributed by atoms with E-state index in [4.69, 9.17) is 4.74 Å². The highest BCUT2D eigenvalue weighted by Crippen LogP contribution is 2.27. The zero-order valence-corrected chi connectivity index (χ0v) is 15.3. The highest BCUT2D eigenvalue weighted by molar-refractivity contribution is 7.10. The summed E-state index contributed by atoms with van der Waals surface area (Å²) in [5, 5.41) is 5.23. The molecule has 1 saturated heterocycles. The predicted molar refractivity (Wildman–Crippen MR) is 102 cm³/mol. The lowest BCUT2D eigenvalue weighted by atomic mass is 10.2. The molecule has 0 radical (unpaired) electrons. The molecular weight excluding hydrogens is 332 g/mol. The Morgan fingerprint density at radius 3 is 2.68 bits per heavy atom. The molecule has 1 unspecified atom stereocenters. The fourth-order valence-electron chi connectivity index (χ4n) is 3.18. The number of carbonyl (C=O) groups is 1. The van der Waals surface area contributed by atoms with E-state index in [1.165, 1.54) is 17.7 Å². The summed E-state index contributed by atoms with van der Waals surface area (Å²) in [5.41, 5.74) is 0. The smallest absolute Gasteiger partial charge is 0.220 e. The van der Waals surface area contributed by atoms with Crippen molar-refractivity contribution in [3.05, 3.63) is 52.7 Å². The lowest BCUT2D eigenvalue weighted by Gasteiger charge is -2.26. The number of hydrogen-bond donors (Lipinski definition) is 1. The lowest BCUT2D eigenvalue weighted by Crippen LogP contribution is -2.36. The molecule has 0 bridgehead atoms. The van der Waals surface area contributed by atoms with Gasteiger partial charge in [-0.3, -0.25) is 9.69 Å². The van der Waals surface area contributed by atoms with Crippen LogP contribution in [0.15, 0.2) is 47.8 Å². The number of hydrogen-bond acceptors (Lipinski definition) is 4. The van der Waals surface area contributed by atoms with Crippen LogP contribution in [0.5, 0.6) is 5.75 Å². The first-order valence-electron chi connectivity index (χ1n) is 9.05. The van der Waals surface area contributed by atoms with Crippen LogP contribution in [0.1, 0.15) is 36.6 Å². The summed E-state index contributed by atoms with van der Waals surface area (Å²) in [6.45, 7) is 3.52. The van der Waals surface area contributed by atoms with Gasteiger partial charge in [0.1, 0.15) is 5.75 Å². The van der Waals surface area contributed by atoms with Crippen molar-refractivity contribution in [1.82, 2.24) is 10.2 Å². The first kappa shape index (κ1) is 18.0. The van der Waals surface area contributed by atoms with E-state index in [9.17, 15) is 4.79 Å². The molecule has 1 aromatic carbocycles. The third-order valence-corrected chi connectivity index (χ3v) is 5.48. The molecular formula is C20H26N2O2S. The van der Waals surface area contributed by atoms with Gasteiger partial charge in [0.15, 0.2) is 0 Å². The molecule has 2 heterocycles. The van der Waals surface area contributed by atoms with Gasteiger partial charge in [-0.25, -0.2) is 0 Å². The van der Waals surface area contributed by atoms with Crippen LogP contribution in [0.4, 0.5) is 0 Å². The minimum absolute atomic E-state index is 0.109. The fraction of sp³-hybridized carbons (Fsp3) is 0.450. The molecule has 0 saturated carbocycles. The number of benzene rings is 1. The van der Waals surface area contributed by atoms with Gasteiger partial charge in [0.25, 0.3) is 0 Å². The predicted octanol–water partition coefficient (Wildman–Crippen LogP) is 3.86. The topological polar surface area (TPSA) is 41.6 Å². The number of likely N-dealkylation sites (tertiary alicyclic amines) is 1. The molecule has 1 amide bonds. The number of carbonyl (C=O) groups excluding carboxylic acids is 1. The van der Waals surface area contributed by atoms with Gasteiger partial charge in [0.2, 0.25) is 5.91 Å². The minimum Gasteiger partial charge on any atom is -0.494 e. The number of rotatable bonds is 9. The van der Waals surface area contributed by atoms with E-state index >= 15 is 0 Å². The van der Waals surface area contributed by atoms with E-state index in [2.05, 4.69) is 27.7 Å². The van der Waals surface area contributed by atoms with Crippen LogP contribution in [0.2, 0.25) is 0 Å². The number of nitrogens with one attached hydrogen (secondary N) is 1. The molecule has 1 aliphatic heterocycles. The first-order valence-corrected chi connectivity index (χ1v) is 9.93. The number of thiophene rings is 1. The van der Waals surface area contributed by atoms with Crippen LogP contribution in [-0.4, -0.2) is 37.0 Å². The normalized spacial score (nSPS) is 15.8. The monoisotopic (exact) mass is 358 g/mol. The molecule has 1 fully saturated rings. The average molecular weight is 359 g/mol. The van der Waals surface area contributed by atoms with Crippen molar-refractivity contribution >= 4 is 17.2 Å². The van der Waals surface area contributed by atoms with Crippen molar-refractivity contribution in [3.63, 3.8) is 0 Å². The second-order valence-corrected chi connectivity index (χ2v) is 7.32. The molecule has 4 nitrogen and oxygen atoms in total. The molecule has 3 rings (SSSR count). The maximum Gasteiger partial charge on any atom is 0.220 e. The second kappa shape index (κ2) is 9.59. The molecule has 1 atom stereocenters. The average Bonchev–Trinajstić information content (AvgIpc) is 3.34. The molecule has 1 N–H and O–H groups in total. The van der Waals surface area contributed by atoms with Crippen molar-refractivity contribution in [2.75, 3.05) is 26.2 Å². The highest BCUT2D eigenvalue weighted by Gasteiger charge is 2.24. The number of para-hydroxylation sites is 1. The second-order valence-electron chi connectivity index (χ2n) is 6.34. The molecule has 0 spiro atoms. The molecule has 5 heteroatoms. The van der Waals surface area contributed by atoms with Gasteiger partial charge in [0, 0.05) is 17.8 Å². The van der Waals surface area contributed by atoms with Crippen molar-refractivity contribution < 1.29 is 9.53 Å². The van der Waals surface area contributed by atoms with Crippen molar-refractivity contribution in [3.8, 4) is 5.75 Å². The summed E-state index contributed by atoms with van der Waals surface area (Å²) >= 11 is 1.78. The van der Waals surface area contributed by atoms with Crippen LogP contribution in [0, 0.1) is 0 Å². The zero-order valence-electron chi connectivity index (χ0n) is 14.5. The quantitative estimate of drug-likeness (QED) is 0.692. The van der Waals surface area contributed by atoms with Gasteiger partial charge in [-0.1, -0.05) is 24.3 Å². The Balaban J connectivity index is 1.39. The minimum atomic E-state index is 0.109. The summed E-state index contributed by atoms with van der Waals surface area (Å²) in [7, 11) is 0. The third-order valence-electron chi connectivity index (χ3n) is 4.51. The van der Waals surface area contributed by atoms with E-state index < -0.39 is 0 Å². The maximum absolute atomic E-state index is 12.2. The van der Waals surface area contributed by atoms with Gasteiger partial charge in [-0.05, 0) is 55.9 Å². The van der Waals surface area contributed by atoms with Crippen LogP contribution < -0.4 is 10.1 Å². The van der Waals surface area contributed by atoms with Crippen molar-refractivity contribution in [2.24, 2.45) is 0 Å². The zero-order chi connectivity index (χ0) is 17.3. The molecule has 2 aromatic rings. The Morgan fingerprint density at radius 2 is 1.96 bits per heavy atom. The summed E-state index contributed by atoms with van der Waals surface area (Å²) in [6.07, 6.45) is 3.75. The van der Waals surface area contributed by atoms with Crippen molar-refractivity contribution in [1.29, 1.82) is 0 Å². The Bertz CT molecular complexity index is 624. The Morgan fingerprint density at radius 1 is 1.16 bits per heavy atom. The van der Waals surface area contributed by atoms with Gasteiger partial charge >= 0.3 is 0 Å². The van der Waals surface area contributed by atoms with Crippen LogP contribution >= 0.6 is 11.3 Å². The van der Waals surface area contributed by atoms with E-state index in [-0.39, 0.29) is 5.91 Å². The fourth-order valence-corrected chi connectivity index (χ4v) is 4.04. The number of amides is 1. The van der Waals surface area contributed by atoms with Gasteiger partial charge in [0.05, 0.1) is 12.6 Å². The van der Waals surface area contributed by atoms with Gasteiger partial charge in [-0.15, -0.1) is 11.3 Å². The van der Waals surface area contributed by atoms with E-state index in [1.54, 1.807) is 11.3 Å². The van der Waals surface area contributed by atoms with Crippen molar-refractivity contribution in [2.45, 2.75) is 31.7 Å². The largest absolute Gasteiger partial charge is 0.494 e. The lowest BCUT2D eigenvalue weighted by molar-refractivity contribution is -0.121. The molecule has 134 valence electrons. The SMILES string of the molecule is O=C(CCCOc1ccccc1)NCC(c1cccs1)N1CCCC1. The van der Waals surface area contributed by atoms with E-state index in [1.807, 2.05) is 30.3 Å². The highest BCUT2D eigenvalue weighted by atomic mass is 32.1. The van der Waals surface area contributed by atoms with Gasteiger partial charge < -0.3 is 10.1 Å². The third kappa shape index (κ3) is 5.58. The van der Waals surface area contributed by atoms with Crippen LogP contribution in [0.25, 0.3) is 0 Å². The van der Waals surface area contributed by atoms with Gasteiger partial charge in [-0.2, -0.15) is 0 Å². The summed E-state index contributed by atoms with van der Waals surface area (Å²) < 4.78 is 5.64. The van der Waals surface area contributed by atoms with E-state index in [0.717, 1.165) is 25.3 Å². The maximum atomic E-state index is 12.2. The van der Waals surface area contributed by atoms with Crippen LogP contribution in [-0.2, 0) is 4.79 Å². The Hall–Kier alpha value is -1.85. The summed E-state index contributed by atoms with van der Waals surface area (Å²) in [5.74, 6) is 0.965. The van der Waals surface area contributed by atoms with E-state index in [0.29, 0.717) is 25.6 Å². The Kier molecular flexibility index (Phi) is 6.89. The summed E-state index contributed by atoms with van der Waals surface area (Å²) in [4.78, 5) is 16.0. The van der Waals surface area contributed by atoms with Crippen LogP contribution in [0.3, 0.4) is 0 Å². The molecule has 1 aliphatic rings. The molecule has 1 aromatic heterocycles.